The first-order valence-electron chi connectivity index (χ1n) is 49.0. The summed E-state index contributed by atoms with van der Waals surface area (Å²) in [5.74, 6) is -3.55. The zero-order valence-electron chi connectivity index (χ0n) is 75.8. The molecule has 0 radical (unpaired) electrons. The molecule has 117 heavy (non-hydrogen) atoms. The Morgan fingerprint density at radius 1 is 0.359 bits per heavy atom. The molecule has 0 spiro atoms. The summed E-state index contributed by atoms with van der Waals surface area (Å²) in [7, 11) is -5.56. The number of carbonyl (C=O) groups is 6. The van der Waals surface area contributed by atoms with E-state index >= 15 is 4.79 Å². The quantitative estimate of drug-likeness (QED) is 0.0129. The molecule has 21 nitrogen and oxygen atoms in total. The highest BCUT2D eigenvalue weighted by Gasteiger charge is 2.53. The fourth-order valence-corrected chi connectivity index (χ4v) is 16.5. The van der Waals surface area contributed by atoms with E-state index in [1.54, 1.807) is 0 Å². The number of aliphatic hydroxyl groups excluding tert-OH is 3. The maximum atomic E-state index is 15.0. The first kappa shape index (κ1) is 112. The van der Waals surface area contributed by atoms with Crippen LogP contribution in [0.25, 0.3) is 0 Å². The lowest BCUT2D eigenvalue weighted by Crippen LogP contribution is -2.67. The van der Waals surface area contributed by atoms with E-state index in [9.17, 15) is 53.6 Å². The molecule has 1 heterocycles. The highest BCUT2D eigenvalue weighted by molar-refractivity contribution is 7.46. The summed E-state index contributed by atoms with van der Waals surface area (Å²) in [6, 6.07) is -1.73. The van der Waals surface area contributed by atoms with Gasteiger partial charge in [-0.1, -0.05) is 388 Å². The largest absolute Gasteiger partial charge is 0.470 e. The number of hydrogen-bond acceptors (Lipinski definition) is 17. The summed E-state index contributed by atoms with van der Waals surface area (Å²) in [6.45, 7) is 9.69. The summed E-state index contributed by atoms with van der Waals surface area (Å²) in [5.41, 5.74) is -1.69. The molecule has 1 saturated heterocycles. The number of nitrogens with one attached hydrogen (secondary N) is 2. The first-order chi connectivity index (χ1) is 56.9. The lowest BCUT2D eigenvalue weighted by atomic mass is 9.90. The summed E-state index contributed by atoms with van der Waals surface area (Å²) in [4.78, 5) is 106. The average Bonchev–Trinajstić information content (AvgIpc) is 0.777. The monoisotopic (exact) mass is 1690 g/mol. The van der Waals surface area contributed by atoms with E-state index in [-0.39, 0.29) is 38.2 Å². The van der Waals surface area contributed by atoms with Crippen molar-refractivity contribution in [2.45, 2.75) is 534 Å². The highest BCUT2D eigenvalue weighted by atomic mass is 31.2. The number of hydrogen-bond donors (Lipinski definition) is 7. The highest BCUT2D eigenvalue weighted by Crippen LogP contribution is 2.43. The van der Waals surface area contributed by atoms with E-state index < -0.39 is 131 Å². The smallest absolute Gasteiger partial charge is 0.462 e. The normalized spacial score (nSPS) is 16.6. The van der Waals surface area contributed by atoms with Gasteiger partial charge in [0.2, 0.25) is 11.8 Å². The molecular formula is C95H181N2O19P. The van der Waals surface area contributed by atoms with Crippen LogP contribution in [0.1, 0.15) is 485 Å². The van der Waals surface area contributed by atoms with Gasteiger partial charge in [-0.25, -0.2) is 4.57 Å². The Morgan fingerprint density at radius 2 is 0.632 bits per heavy atom. The third-order valence-electron chi connectivity index (χ3n) is 23.5. The number of aliphatic hydroxyl groups is 3. The molecule has 7 N–H and O–H groups in total. The maximum Gasteiger partial charge on any atom is 0.470 e. The molecule has 8 atom stereocenters. The second kappa shape index (κ2) is 78.7. The van der Waals surface area contributed by atoms with Crippen molar-refractivity contribution in [1.82, 2.24) is 10.6 Å². The van der Waals surface area contributed by atoms with Crippen LogP contribution in [0.3, 0.4) is 0 Å². The van der Waals surface area contributed by atoms with Gasteiger partial charge in [0.1, 0.15) is 36.6 Å². The van der Waals surface area contributed by atoms with Crippen molar-refractivity contribution in [3.63, 3.8) is 0 Å². The number of ether oxygens (including phenoxy) is 6. The number of carbonyl (C=O) groups excluding carboxylic acids is 6. The van der Waals surface area contributed by atoms with Crippen molar-refractivity contribution in [2.24, 2.45) is 5.41 Å². The van der Waals surface area contributed by atoms with Crippen LogP contribution in [-0.4, -0.2) is 143 Å². The Kier molecular flexibility index (Phi) is 75.2. The molecule has 0 aliphatic carbocycles. The van der Waals surface area contributed by atoms with Crippen molar-refractivity contribution in [3.05, 3.63) is 0 Å². The van der Waals surface area contributed by atoms with Crippen molar-refractivity contribution >= 4 is 43.5 Å². The van der Waals surface area contributed by atoms with Gasteiger partial charge in [-0.2, -0.15) is 0 Å². The SMILES string of the molecule is CCCCCCCCCCCCCC(=O)O[C@H](CCCCCCCCCCC)CC(=O)NCC(CO)(CO)CO[C@@H]1O[C@H](CO)[C@@H](OP(=O)(O)O)[C@H](OC(=O)C[C@@H](CCCCCCCCCCC)OC(=O)CCCCCCCCCCCCC)[C@H]1NC(=O)C[C@@H](CCCCCCCCCCC)OC(=O)CCCCCCCCCCCCC. The van der Waals surface area contributed by atoms with Crippen molar-refractivity contribution < 1.29 is 91.4 Å². The molecule has 0 saturated carbocycles. The zero-order valence-corrected chi connectivity index (χ0v) is 76.7. The average molecular weight is 1690 g/mol. The number of phosphoric ester groups is 1. The van der Waals surface area contributed by atoms with Gasteiger partial charge in [0, 0.05) is 25.8 Å². The molecule has 22 heteroatoms. The number of unbranched alkanes of at least 4 members (excludes halogenated alkanes) is 54. The van der Waals surface area contributed by atoms with E-state index in [1.165, 1.54) is 173 Å². The third kappa shape index (κ3) is 65.1. The molecular weight excluding hydrogens is 1500 g/mol. The molecule has 1 rings (SSSR count). The Morgan fingerprint density at radius 3 is 0.915 bits per heavy atom. The van der Waals surface area contributed by atoms with Crippen LogP contribution in [0.2, 0.25) is 0 Å². The zero-order chi connectivity index (χ0) is 85.8. The molecule has 0 unspecified atom stereocenters. The predicted molar refractivity (Wildman–Crippen MR) is 472 cm³/mol. The van der Waals surface area contributed by atoms with Crippen LogP contribution < -0.4 is 10.6 Å². The molecule has 0 aromatic rings. The van der Waals surface area contributed by atoms with Crippen LogP contribution in [0.5, 0.6) is 0 Å². The Labute approximate surface area is 713 Å². The molecule has 0 bridgehead atoms. The van der Waals surface area contributed by atoms with Gasteiger partial charge >= 0.3 is 31.7 Å². The standard InChI is InChI=1S/C95H181N2O19P/c1-7-13-19-25-31-37-40-46-52-58-64-70-87(103)111-81(67-61-55-49-43-34-28-22-16-10-4)73-85(101)96-77-95(78-99,79-100)80-110-94-91(97-86(102)74-82(68-62-56-50-44-35-29-23-17-11-5)112-88(104)71-65-59-53-47-41-38-32-26-20-14-8-2)93(92(84(76-98)114-94)116-117(107,108)109)115-90(106)75-83(69-63-57-51-45-36-30-24-18-12-6)113-89(105)72-66-60-54-48-42-39-33-27-21-15-9-3/h81-84,91-94,98-100H,7-80H2,1-6H3,(H,96,101)(H,97,102)(H2,107,108,109)/t81-,82-,83-,84-,91-,92-,93-,94-/m1/s1. The lowest BCUT2D eigenvalue weighted by Gasteiger charge is -2.46. The van der Waals surface area contributed by atoms with Gasteiger partial charge in [0.15, 0.2) is 12.4 Å². The topological polar surface area (TPSA) is 309 Å². The first-order valence-corrected chi connectivity index (χ1v) is 50.6. The number of rotatable bonds is 87. The summed E-state index contributed by atoms with van der Waals surface area (Å²) in [5, 5.41) is 39.3. The number of phosphoric acid groups is 1. The van der Waals surface area contributed by atoms with Gasteiger partial charge in [-0.05, 0) is 57.8 Å². The van der Waals surface area contributed by atoms with Gasteiger partial charge < -0.3 is 64.2 Å². The van der Waals surface area contributed by atoms with Gasteiger partial charge in [0.05, 0.1) is 51.1 Å². The minimum Gasteiger partial charge on any atom is -0.462 e. The van der Waals surface area contributed by atoms with Crippen LogP contribution >= 0.6 is 7.82 Å². The van der Waals surface area contributed by atoms with E-state index in [2.05, 4.69) is 52.2 Å². The van der Waals surface area contributed by atoms with Crippen LogP contribution in [0, 0.1) is 5.41 Å². The fourth-order valence-electron chi connectivity index (χ4n) is 15.9. The molecule has 2 amide bonds. The van der Waals surface area contributed by atoms with Gasteiger partial charge in [-0.3, -0.25) is 33.3 Å². The Bertz CT molecular complexity index is 2380. The number of esters is 4. The Hall–Kier alpha value is -3.27. The molecule has 690 valence electrons. The minimum absolute atomic E-state index is 0.139. The summed E-state index contributed by atoms with van der Waals surface area (Å²) < 4.78 is 56.0. The van der Waals surface area contributed by atoms with Gasteiger partial charge in [-0.15, -0.1) is 0 Å². The van der Waals surface area contributed by atoms with Gasteiger partial charge in [0.25, 0.3) is 0 Å². The Balaban J connectivity index is 3.84. The van der Waals surface area contributed by atoms with E-state index in [1.807, 2.05) is 0 Å². The third-order valence-corrected chi connectivity index (χ3v) is 24.0. The minimum atomic E-state index is -5.56. The molecule has 1 aliphatic heterocycles. The van der Waals surface area contributed by atoms with Crippen LogP contribution in [0.4, 0.5) is 0 Å². The predicted octanol–water partition coefficient (Wildman–Crippen LogP) is 23.5. The number of amides is 2. The lowest BCUT2D eigenvalue weighted by molar-refractivity contribution is -0.278. The molecule has 0 aromatic carbocycles. The van der Waals surface area contributed by atoms with Crippen molar-refractivity contribution in [1.29, 1.82) is 0 Å². The van der Waals surface area contributed by atoms with Crippen LogP contribution in [-0.2, 0) is 66.3 Å². The van der Waals surface area contributed by atoms with E-state index in [0.29, 0.717) is 51.4 Å². The van der Waals surface area contributed by atoms with Crippen molar-refractivity contribution in [3.8, 4) is 0 Å². The fraction of sp³-hybridized carbons (Fsp3) is 0.937. The molecule has 1 fully saturated rings. The molecule has 0 aromatic heterocycles. The van der Waals surface area contributed by atoms with Crippen molar-refractivity contribution in [2.75, 3.05) is 33.0 Å². The second-order valence-corrected chi connectivity index (χ2v) is 36.1. The van der Waals surface area contributed by atoms with E-state index in [0.717, 1.165) is 180 Å². The summed E-state index contributed by atoms with van der Waals surface area (Å²) >= 11 is 0. The second-order valence-electron chi connectivity index (χ2n) is 34.9. The van der Waals surface area contributed by atoms with Crippen LogP contribution in [0.15, 0.2) is 0 Å². The van der Waals surface area contributed by atoms with E-state index in [4.69, 9.17) is 32.9 Å². The maximum absolute atomic E-state index is 15.0. The summed E-state index contributed by atoms with van der Waals surface area (Å²) in [6.07, 6.45) is 55.4. The molecule has 1 aliphatic rings.